The molecule has 1 aromatic carbocycles. The van der Waals surface area contributed by atoms with Crippen molar-refractivity contribution in [2.45, 2.75) is 18.5 Å². The highest BCUT2D eigenvalue weighted by atomic mass is 32.2. The minimum absolute atomic E-state index is 0.379. The van der Waals surface area contributed by atoms with Gasteiger partial charge in [-0.2, -0.15) is 0 Å². The van der Waals surface area contributed by atoms with E-state index in [1.165, 1.54) is 0 Å². The maximum absolute atomic E-state index is 12.7. The first kappa shape index (κ1) is 17.7. The molecule has 1 aliphatic rings. The van der Waals surface area contributed by atoms with Gasteiger partial charge in [0.25, 0.3) is 0 Å². The van der Waals surface area contributed by atoms with Crippen LogP contribution in [0.25, 0.3) is 11.0 Å². The van der Waals surface area contributed by atoms with E-state index in [2.05, 4.69) is 15.3 Å². The number of dihydropyridines is 1. The van der Waals surface area contributed by atoms with E-state index in [1.807, 2.05) is 37.3 Å². The van der Waals surface area contributed by atoms with E-state index in [1.54, 1.807) is 7.11 Å². The fraction of sp³-hybridized carbons (Fsp3) is 0.389. The number of nitrogens with zero attached hydrogens (tertiary/aromatic N) is 1. The van der Waals surface area contributed by atoms with Crippen LogP contribution < -0.4 is 5.32 Å². The summed E-state index contributed by atoms with van der Waals surface area (Å²) in [4.78, 5) is 7.56. The fourth-order valence-electron chi connectivity index (χ4n) is 2.65. The van der Waals surface area contributed by atoms with Crippen LogP contribution >= 0.6 is 0 Å². The number of aromatic nitrogens is 2. The summed E-state index contributed by atoms with van der Waals surface area (Å²) in [6.07, 6.45) is 2.85. The predicted molar refractivity (Wildman–Crippen MR) is 98.6 cm³/mol. The number of hydrogen-bond donors (Lipinski definition) is 2. The number of benzene rings is 1. The monoisotopic (exact) mass is 361 g/mol. The van der Waals surface area contributed by atoms with Gasteiger partial charge in [0.05, 0.1) is 34.2 Å². The maximum atomic E-state index is 12.7. The summed E-state index contributed by atoms with van der Waals surface area (Å²) >= 11 is 0. The first-order valence-electron chi connectivity index (χ1n) is 8.28. The number of aromatic amines is 1. The highest BCUT2D eigenvalue weighted by Gasteiger charge is 2.18. The molecule has 2 aromatic rings. The maximum Gasteiger partial charge on any atom is 0.197 e. The molecule has 0 unspecified atom stereocenters. The van der Waals surface area contributed by atoms with Crippen molar-refractivity contribution in [2.75, 3.05) is 32.6 Å². The summed E-state index contributed by atoms with van der Waals surface area (Å²) in [5, 5.41) is 3.80. The molecule has 6 nitrogen and oxygen atoms in total. The summed E-state index contributed by atoms with van der Waals surface area (Å²) in [7, 11) is 0.433. The number of H-pyrrole nitrogens is 1. The molecule has 0 radical (unpaired) electrons. The molecule has 1 aromatic heterocycles. The minimum Gasteiger partial charge on any atom is -0.493 e. The van der Waals surface area contributed by atoms with Crippen LogP contribution in [0.4, 0.5) is 0 Å². The van der Waals surface area contributed by atoms with E-state index in [9.17, 15) is 4.21 Å². The average Bonchev–Trinajstić information content (AvgIpc) is 3.06. The SMILES string of the molecule is COCCCOC1=CCNC(C[S@](=O)c2nc3ccccc3[nH]2)=C1C. The molecule has 0 amide bonds. The highest BCUT2D eigenvalue weighted by molar-refractivity contribution is 7.85. The second-order valence-electron chi connectivity index (χ2n) is 5.80. The summed E-state index contributed by atoms with van der Waals surface area (Å²) < 4.78 is 23.6. The number of allylic oxidation sites excluding steroid dienone is 1. The van der Waals surface area contributed by atoms with Crippen LogP contribution in [0.5, 0.6) is 0 Å². The van der Waals surface area contributed by atoms with Crippen molar-refractivity contribution in [1.29, 1.82) is 0 Å². The Labute approximate surface area is 149 Å². The Kier molecular flexibility index (Phi) is 5.88. The molecule has 0 fully saturated rings. The average molecular weight is 361 g/mol. The number of fused-ring (bicyclic) bond motifs is 1. The smallest absolute Gasteiger partial charge is 0.197 e. The fourth-order valence-corrected chi connectivity index (χ4v) is 3.79. The van der Waals surface area contributed by atoms with Gasteiger partial charge in [0.1, 0.15) is 5.76 Å². The van der Waals surface area contributed by atoms with Gasteiger partial charge in [-0.05, 0) is 25.1 Å². The van der Waals surface area contributed by atoms with Gasteiger partial charge in [0.15, 0.2) is 5.16 Å². The standard InChI is InChI=1S/C18H23N3O3S/c1-13-16(19-9-8-17(13)24-11-5-10-23-2)12-25(22)18-20-14-6-3-4-7-15(14)21-18/h3-4,6-8,19H,5,9-12H2,1-2H3,(H,20,21)/t25-/m0/s1. The molecule has 0 saturated carbocycles. The second kappa shape index (κ2) is 8.31. The molecule has 2 heterocycles. The third-order valence-electron chi connectivity index (χ3n) is 4.03. The Morgan fingerprint density at radius 1 is 1.28 bits per heavy atom. The Morgan fingerprint density at radius 2 is 2.12 bits per heavy atom. The van der Waals surface area contributed by atoms with Crippen molar-refractivity contribution in [3.63, 3.8) is 0 Å². The first-order chi connectivity index (χ1) is 12.2. The Morgan fingerprint density at radius 3 is 2.92 bits per heavy atom. The van der Waals surface area contributed by atoms with Crippen LogP contribution in [0.3, 0.4) is 0 Å². The van der Waals surface area contributed by atoms with Crippen molar-refractivity contribution < 1.29 is 13.7 Å². The van der Waals surface area contributed by atoms with Crippen molar-refractivity contribution in [3.8, 4) is 0 Å². The topological polar surface area (TPSA) is 76.2 Å². The lowest BCUT2D eigenvalue weighted by Crippen LogP contribution is -2.25. The van der Waals surface area contributed by atoms with Gasteiger partial charge in [-0.3, -0.25) is 4.21 Å². The summed E-state index contributed by atoms with van der Waals surface area (Å²) in [6, 6.07) is 7.69. The summed E-state index contributed by atoms with van der Waals surface area (Å²) in [5.74, 6) is 1.23. The lowest BCUT2D eigenvalue weighted by atomic mass is 10.1. The van der Waals surface area contributed by atoms with E-state index < -0.39 is 10.8 Å². The Balaban J connectivity index is 1.68. The third kappa shape index (κ3) is 4.29. The normalized spacial score (nSPS) is 15.8. The molecular formula is C18H23N3O3S. The molecule has 0 saturated heterocycles. The summed E-state index contributed by atoms with van der Waals surface area (Å²) in [6.45, 7) is 3.94. The molecule has 0 bridgehead atoms. The zero-order chi connectivity index (χ0) is 17.6. The molecule has 0 aliphatic carbocycles. The van der Waals surface area contributed by atoms with Crippen molar-refractivity contribution in [3.05, 3.63) is 47.4 Å². The largest absolute Gasteiger partial charge is 0.493 e. The zero-order valence-electron chi connectivity index (χ0n) is 14.5. The van der Waals surface area contributed by atoms with Crippen LogP contribution in [0, 0.1) is 0 Å². The quantitative estimate of drug-likeness (QED) is 0.707. The Bertz CT molecular complexity index is 793. The second-order valence-corrected chi connectivity index (χ2v) is 7.16. The summed E-state index contributed by atoms with van der Waals surface area (Å²) in [5.41, 5.74) is 3.65. The number of methoxy groups -OCH3 is 1. The van der Waals surface area contributed by atoms with Gasteiger partial charge in [-0.15, -0.1) is 0 Å². The minimum atomic E-state index is -1.25. The van der Waals surface area contributed by atoms with Crippen molar-refractivity contribution >= 4 is 21.8 Å². The predicted octanol–water partition coefficient (Wildman–Crippen LogP) is 2.48. The van der Waals surface area contributed by atoms with E-state index in [0.717, 1.165) is 34.5 Å². The van der Waals surface area contributed by atoms with E-state index in [0.29, 0.717) is 30.7 Å². The van der Waals surface area contributed by atoms with E-state index in [-0.39, 0.29) is 0 Å². The zero-order valence-corrected chi connectivity index (χ0v) is 15.3. The molecule has 3 rings (SSSR count). The lowest BCUT2D eigenvalue weighted by molar-refractivity contribution is 0.147. The number of para-hydroxylation sites is 2. The first-order valence-corrected chi connectivity index (χ1v) is 9.60. The molecular weight excluding hydrogens is 338 g/mol. The molecule has 7 heteroatoms. The van der Waals surface area contributed by atoms with Gasteiger partial charge in [0.2, 0.25) is 0 Å². The molecule has 0 spiro atoms. The molecule has 25 heavy (non-hydrogen) atoms. The van der Waals surface area contributed by atoms with Crippen LogP contribution in [0.1, 0.15) is 13.3 Å². The molecule has 134 valence electrons. The molecule has 1 atom stereocenters. The van der Waals surface area contributed by atoms with Crippen LogP contribution in [-0.2, 0) is 20.3 Å². The van der Waals surface area contributed by atoms with Crippen LogP contribution in [0.2, 0.25) is 0 Å². The van der Waals surface area contributed by atoms with Gasteiger partial charge >= 0.3 is 0 Å². The lowest BCUT2D eigenvalue weighted by Gasteiger charge is -2.21. The van der Waals surface area contributed by atoms with Crippen LogP contribution in [0.15, 0.2) is 52.5 Å². The number of hydrogen-bond acceptors (Lipinski definition) is 5. The van der Waals surface area contributed by atoms with Gasteiger partial charge < -0.3 is 19.8 Å². The highest BCUT2D eigenvalue weighted by Crippen LogP contribution is 2.20. The van der Waals surface area contributed by atoms with Gasteiger partial charge in [0, 0.05) is 38.0 Å². The van der Waals surface area contributed by atoms with Gasteiger partial charge in [-0.1, -0.05) is 12.1 Å². The van der Waals surface area contributed by atoms with Gasteiger partial charge in [-0.25, -0.2) is 4.98 Å². The van der Waals surface area contributed by atoms with E-state index >= 15 is 0 Å². The van der Waals surface area contributed by atoms with E-state index in [4.69, 9.17) is 9.47 Å². The Hall–Kier alpha value is -2.12. The number of ether oxygens (including phenoxy) is 2. The third-order valence-corrected chi connectivity index (χ3v) is 5.21. The number of nitrogens with one attached hydrogen (secondary N) is 2. The molecule has 2 N–H and O–H groups in total. The number of imidazole rings is 1. The van der Waals surface area contributed by atoms with Crippen LogP contribution in [-0.4, -0.2) is 46.8 Å². The van der Waals surface area contributed by atoms with Crippen molar-refractivity contribution in [1.82, 2.24) is 15.3 Å². The van der Waals surface area contributed by atoms with Crippen molar-refractivity contribution in [2.24, 2.45) is 0 Å². The molecule has 1 aliphatic heterocycles. The number of rotatable bonds is 8.